The Labute approximate surface area is 181 Å². The highest BCUT2D eigenvalue weighted by Crippen LogP contribution is 2.33. The second-order valence-corrected chi connectivity index (χ2v) is 8.67. The fourth-order valence-corrected chi connectivity index (χ4v) is 4.66. The third kappa shape index (κ3) is 4.83. The molecule has 1 N–H and O–H groups in total. The number of rotatable bonds is 6. The first kappa shape index (κ1) is 20.3. The first-order chi connectivity index (χ1) is 15.1. The quantitative estimate of drug-likeness (QED) is 0.770. The third-order valence-electron chi connectivity index (χ3n) is 6.21. The van der Waals surface area contributed by atoms with E-state index >= 15 is 0 Å². The van der Waals surface area contributed by atoms with Crippen LogP contribution in [0.15, 0.2) is 42.5 Å². The Kier molecular flexibility index (Phi) is 5.78. The van der Waals surface area contributed by atoms with Crippen molar-refractivity contribution < 1.29 is 23.4 Å². The fraction of sp³-hybridized carbons (Fsp3) is 0.458. The number of benzene rings is 2. The Bertz CT molecular complexity index is 924. The molecule has 7 heteroatoms. The van der Waals surface area contributed by atoms with Gasteiger partial charge in [-0.05, 0) is 61.2 Å². The molecule has 2 bridgehead atoms. The molecule has 2 saturated heterocycles. The van der Waals surface area contributed by atoms with Crippen LogP contribution in [-0.4, -0.2) is 55.8 Å². The van der Waals surface area contributed by atoms with Gasteiger partial charge in [0.2, 0.25) is 0 Å². The van der Waals surface area contributed by atoms with Crippen LogP contribution in [0, 0.1) is 11.7 Å². The lowest BCUT2D eigenvalue weighted by Gasteiger charge is -2.30. The highest BCUT2D eigenvalue weighted by Gasteiger charge is 2.33. The number of amides is 1. The second kappa shape index (κ2) is 8.85. The van der Waals surface area contributed by atoms with Crippen LogP contribution in [0.5, 0.6) is 11.5 Å². The van der Waals surface area contributed by atoms with Gasteiger partial charge in [0.15, 0.2) is 17.6 Å². The number of nitrogens with zero attached hydrogens (tertiary/aromatic N) is 1. The van der Waals surface area contributed by atoms with Crippen molar-refractivity contribution in [3.05, 3.63) is 59.4 Å². The zero-order valence-electron chi connectivity index (χ0n) is 17.4. The summed E-state index contributed by atoms with van der Waals surface area (Å²) < 4.78 is 30.5. The Morgan fingerprint density at radius 3 is 2.87 bits per heavy atom. The lowest BCUT2D eigenvalue weighted by molar-refractivity contribution is 0.00266. The normalized spacial score (nSPS) is 26.5. The van der Waals surface area contributed by atoms with Crippen LogP contribution in [0.25, 0.3) is 0 Å². The Morgan fingerprint density at radius 1 is 1.16 bits per heavy atom. The van der Waals surface area contributed by atoms with Crippen molar-refractivity contribution in [2.24, 2.45) is 5.92 Å². The maximum atomic E-state index is 13.0. The topological polar surface area (TPSA) is 60.0 Å². The number of hydrogen-bond donors (Lipinski definition) is 1. The van der Waals surface area contributed by atoms with E-state index in [4.69, 9.17) is 14.2 Å². The molecular formula is C24H27FN2O4. The van der Waals surface area contributed by atoms with E-state index in [1.165, 1.54) is 25.1 Å². The molecule has 0 aromatic heterocycles. The highest BCUT2D eigenvalue weighted by atomic mass is 19.1. The van der Waals surface area contributed by atoms with E-state index in [-0.39, 0.29) is 23.9 Å². The highest BCUT2D eigenvalue weighted by molar-refractivity contribution is 5.95. The Balaban J connectivity index is 1.15. The average Bonchev–Trinajstić information content (AvgIpc) is 3.12. The van der Waals surface area contributed by atoms with Crippen LogP contribution in [-0.2, 0) is 11.3 Å². The van der Waals surface area contributed by atoms with Gasteiger partial charge in [0, 0.05) is 24.7 Å². The summed E-state index contributed by atoms with van der Waals surface area (Å²) in [5.41, 5.74) is 1.47. The molecule has 0 saturated carbocycles. The first-order valence-electron chi connectivity index (χ1n) is 10.9. The third-order valence-corrected chi connectivity index (χ3v) is 6.21. The average molecular weight is 426 g/mol. The van der Waals surface area contributed by atoms with Crippen LogP contribution in [0.2, 0.25) is 0 Å². The van der Waals surface area contributed by atoms with Crippen LogP contribution in [0.1, 0.15) is 28.8 Å². The van der Waals surface area contributed by atoms with Gasteiger partial charge >= 0.3 is 0 Å². The standard InChI is InChI=1S/C24H27FN2O4/c25-19-4-1-16(2-5-19)13-29-14-21-15-30-22-6-3-18(10-23(22)31-21)24(28)26-20-9-17-7-8-27(11-17)12-20/h1-6,10,17,20-21H,7-9,11-15H2,(H,26,28)/t17-,20-,21+/m1/s1. The molecule has 3 heterocycles. The van der Waals surface area contributed by atoms with E-state index in [0.29, 0.717) is 42.8 Å². The van der Waals surface area contributed by atoms with Gasteiger partial charge in [0.25, 0.3) is 5.91 Å². The van der Waals surface area contributed by atoms with Gasteiger partial charge in [0.1, 0.15) is 12.4 Å². The molecule has 0 radical (unpaired) electrons. The van der Waals surface area contributed by atoms with E-state index < -0.39 is 0 Å². The van der Waals surface area contributed by atoms with Crippen molar-refractivity contribution in [3.8, 4) is 11.5 Å². The zero-order chi connectivity index (χ0) is 21.2. The zero-order valence-corrected chi connectivity index (χ0v) is 17.4. The number of piperidine rings is 1. The number of carbonyl (C=O) groups is 1. The van der Waals surface area contributed by atoms with Gasteiger partial charge in [-0.15, -0.1) is 0 Å². The van der Waals surface area contributed by atoms with E-state index in [1.54, 1.807) is 30.3 Å². The second-order valence-electron chi connectivity index (χ2n) is 8.67. The van der Waals surface area contributed by atoms with Crippen molar-refractivity contribution in [3.63, 3.8) is 0 Å². The maximum Gasteiger partial charge on any atom is 0.251 e. The molecule has 1 amide bonds. The maximum absolute atomic E-state index is 13.0. The summed E-state index contributed by atoms with van der Waals surface area (Å²) in [6.45, 7) is 4.33. The molecule has 31 heavy (non-hydrogen) atoms. The minimum Gasteiger partial charge on any atom is -0.486 e. The lowest BCUT2D eigenvalue weighted by atomic mass is 9.96. The fourth-order valence-electron chi connectivity index (χ4n) is 4.66. The summed E-state index contributed by atoms with van der Waals surface area (Å²) in [5.74, 6) is 1.55. The molecule has 1 unspecified atom stereocenters. The van der Waals surface area contributed by atoms with Gasteiger partial charge in [-0.1, -0.05) is 12.1 Å². The predicted octanol–water partition coefficient (Wildman–Crippen LogP) is 3.01. The van der Waals surface area contributed by atoms with Crippen LogP contribution < -0.4 is 14.8 Å². The Morgan fingerprint density at radius 2 is 2.03 bits per heavy atom. The van der Waals surface area contributed by atoms with Gasteiger partial charge < -0.3 is 24.4 Å². The summed E-state index contributed by atoms with van der Waals surface area (Å²) in [5, 5.41) is 3.18. The molecular weight excluding hydrogens is 399 g/mol. The summed E-state index contributed by atoms with van der Waals surface area (Å²) in [7, 11) is 0. The minimum atomic E-state index is -0.270. The summed E-state index contributed by atoms with van der Waals surface area (Å²) >= 11 is 0. The molecule has 164 valence electrons. The van der Waals surface area contributed by atoms with Gasteiger partial charge in [-0.2, -0.15) is 0 Å². The number of carbonyl (C=O) groups excluding carboxylic acids is 1. The minimum absolute atomic E-state index is 0.0754. The van der Waals surface area contributed by atoms with Gasteiger partial charge in [-0.3, -0.25) is 4.79 Å². The predicted molar refractivity (Wildman–Crippen MR) is 113 cm³/mol. The lowest BCUT2D eigenvalue weighted by Crippen LogP contribution is -2.47. The van der Waals surface area contributed by atoms with E-state index in [1.807, 2.05) is 0 Å². The smallest absolute Gasteiger partial charge is 0.251 e. The molecule has 2 aromatic carbocycles. The molecule has 2 aromatic rings. The summed E-state index contributed by atoms with van der Waals surface area (Å²) in [4.78, 5) is 15.2. The molecule has 0 spiro atoms. The van der Waals surface area contributed by atoms with E-state index in [0.717, 1.165) is 25.1 Å². The van der Waals surface area contributed by atoms with Crippen LogP contribution in [0.3, 0.4) is 0 Å². The van der Waals surface area contributed by atoms with Crippen LogP contribution >= 0.6 is 0 Å². The largest absolute Gasteiger partial charge is 0.486 e. The molecule has 0 aliphatic carbocycles. The molecule has 3 aliphatic rings. The van der Waals surface area contributed by atoms with Crippen molar-refractivity contribution in [2.75, 3.05) is 32.8 Å². The number of halogens is 1. The monoisotopic (exact) mass is 426 g/mol. The number of fused-ring (bicyclic) bond motifs is 3. The van der Waals surface area contributed by atoms with Crippen molar-refractivity contribution in [1.82, 2.24) is 10.2 Å². The molecule has 4 atom stereocenters. The molecule has 6 nitrogen and oxygen atoms in total. The molecule has 5 rings (SSSR count). The van der Waals surface area contributed by atoms with Gasteiger partial charge in [-0.25, -0.2) is 4.39 Å². The Hall–Kier alpha value is -2.64. The van der Waals surface area contributed by atoms with Crippen molar-refractivity contribution >= 4 is 5.91 Å². The summed E-state index contributed by atoms with van der Waals surface area (Å²) in [6, 6.07) is 11.7. The molecule has 2 fully saturated rings. The SMILES string of the molecule is O=C(N[C@@H]1C[C@H]2CCN(C2)C1)c1ccc2c(c1)O[C@@H](COCc1ccc(F)cc1)CO2. The van der Waals surface area contributed by atoms with Crippen LogP contribution in [0.4, 0.5) is 4.39 Å². The van der Waals surface area contributed by atoms with Gasteiger partial charge in [0.05, 0.1) is 13.2 Å². The van der Waals surface area contributed by atoms with E-state index in [2.05, 4.69) is 10.2 Å². The van der Waals surface area contributed by atoms with Crippen molar-refractivity contribution in [1.29, 1.82) is 0 Å². The number of hydrogen-bond acceptors (Lipinski definition) is 5. The summed E-state index contributed by atoms with van der Waals surface area (Å²) in [6.07, 6.45) is 2.02. The van der Waals surface area contributed by atoms with Crippen molar-refractivity contribution in [2.45, 2.75) is 31.6 Å². The number of ether oxygens (including phenoxy) is 3. The van der Waals surface area contributed by atoms with E-state index in [9.17, 15) is 9.18 Å². The number of nitrogens with one attached hydrogen (secondary N) is 1. The molecule has 3 aliphatic heterocycles. The first-order valence-corrected chi connectivity index (χ1v) is 10.9.